The summed E-state index contributed by atoms with van der Waals surface area (Å²) in [5.41, 5.74) is 0. The molecule has 106 valence electrons. The summed E-state index contributed by atoms with van der Waals surface area (Å²) in [5, 5.41) is 0. The van der Waals surface area contributed by atoms with Gasteiger partial charge in [-0.05, 0) is 26.2 Å². The van der Waals surface area contributed by atoms with Crippen molar-refractivity contribution in [3.8, 4) is 0 Å². The van der Waals surface area contributed by atoms with Gasteiger partial charge in [0.1, 0.15) is 0 Å². The number of carbonyl (C=O) groups is 2. The molecule has 1 unspecified atom stereocenters. The van der Waals surface area contributed by atoms with Crippen LogP contribution in [0.15, 0.2) is 0 Å². The molecule has 0 aromatic heterocycles. The number of rotatable bonds is 8. The standard InChI is InChI=1S/C14H28N2O2/c1-6-9-15(10-7-2)14(18)11-16(13(5)17)12(4)8-3/h12H,6-11H2,1-5H3. The molecule has 0 aromatic rings. The molecule has 0 bridgehead atoms. The zero-order valence-corrected chi connectivity index (χ0v) is 12.5. The summed E-state index contributed by atoms with van der Waals surface area (Å²) in [4.78, 5) is 27.3. The highest BCUT2D eigenvalue weighted by Crippen LogP contribution is 2.06. The second-order valence-corrected chi connectivity index (χ2v) is 4.78. The Balaban J connectivity index is 4.59. The second-order valence-electron chi connectivity index (χ2n) is 4.78. The van der Waals surface area contributed by atoms with Gasteiger partial charge in [-0.2, -0.15) is 0 Å². The first kappa shape index (κ1) is 16.9. The fraction of sp³-hybridized carbons (Fsp3) is 0.857. The normalized spacial score (nSPS) is 12.1. The molecule has 0 aliphatic heterocycles. The second kappa shape index (κ2) is 8.95. The van der Waals surface area contributed by atoms with Gasteiger partial charge in [-0.15, -0.1) is 0 Å². The van der Waals surface area contributed by atoms with Crippen molar-refractivity contribution < 1.29 is 9.59 Å². The zero-order chi connectivity index (χ0) is 14.1. The fourth-order valence-electron chi connectivity index (χ4n) is 1.94. The van der Waals surface area contributed by atoms with Gasteiger partial charge < -0.3 is 9.80 Å². The Morgan fingerprint density at radius 1 is 1.06 bits per heavy atom. The van der Waals surface area contributed by atoms with Crippen LogP contribution in [0.3, 0.4) is 0 Å². The molecule has 1 atom stereocenters. The number of carbonyl (C=O) groups excluding carboxylic acids is 2. The van der Waals surface area contributed by atoms with Gasteiger partial charge in [0.15, 0.2) is 0 Å². The Morgan fingerprint density at radius 2 is 1.56 bits per heavy atom. The number of hydrogen-bond acceptors (Lipinski definition) is 2. The van der Waals surface area contributed by atoms with Crippen LogP contribution in [-0.2, 0) is 9.59 Å². The van der Waals surface area contributed by atoms with Crippen molar-refractivity contribution >= 4 is 11.8 Å². The quantitative estimate of drug-likeness (QED) is 0.668. The first-order valence-corrected chi connectivity index (χ1v) is 7.02. The molecule has 4 heteroatoms. The lowest BCUT2D eigenvalue weighted by Crippen LogP contribution is -2.46. The molecule has 0 rings (SSSR count). The van der Waals surface area contributed by atoms with Gasteiger partial charge in [0.25, 0.3) is 0 Å². The lowest BCUT2D eigenvalue weighted by Gasteiger charge is -2.30. The van der Waals surface area contributed by atoms with Crippen molar-refractivity contribution in [2.45, 2.75) is 59.9 Å². The van der Waals surface area contributed by atoms with Crippen LogP contribution in [0.2, 0.25) is 0 Å². The highest BCUT2D eigenvalue weighted by atomic mass is 16.2. The molecule has 18 heavy (non-hydrogen) atoms. The van der Waals surface area contributed by atoms with Crippen LogP contribution in [0.1, 0.15) is 53.9 Å². The third-order valence-corrected chi connectivity index (χ3v) is 3.17. The molecule has 0 aliphatic carbocycles. The predicted octanol–water partition coefficient (Wildman–Crippen LogP) is 2.28. The van der Waals surface area contributed by atoms with Gasteiger partial charge in [0.2, 0.25) is 11.8 Å². The van der Waals surface area contributed by atoms with Crippen molar-refractivity contribution in [3.05, 3.63) is 0 Å². The van der Waals surface area contributed by atoms with Crippen LogP contribution in [0.5, 0.6) is 0 Å². The van der Waals surface area contributed by atoms with Crippen LogP contribution < -0.4 is 0 Å². The Hall–Kier alpha value is -1.06. The summed E-state index contributed by atoms with van der Waals surface area (Å²) in [6, 6.07) is 0.122. The summed E-state index contributed by atoms with van der Waals surface area (Å²) in [5.74, 6) is 0.0415. The third-order valence-electron chi connectivity index (χ3n) is 3.17. The molecule has 0 aromatic carbocycles. The van der Waals surface area contributed by atoms with E-state index in [0.717, 1.165) is 32.4 Å². The molecule has 0 fully saturated rings. The molecule has 0 radical (unpaired) electrons. The van der Waals surface area contributed by atoms with Crippen molar-refractivity contribution in [1.29, 1.82) is 0 Å². The zero-order valence-electron chi connectivity index (χ0n) is 12.5. The average Bonchev–Trinajstić information content (AvgIpc) is 2.34. The topological polar surface area (TPSA) is 40.6 Å². The maximum Gasteiger partial charge on any atom is 0.242 e. The van der Waals surface area contributed by atoms with Crippen molar-refractivity contribution in [1.82, 2.24) is 9.80 Å². The van der Waals surface area contributed by atoms with Gasteiger partial charge in [-0.3, -0.25) is 9.59 Å². The van der Waals surface area contributed by atoms with Crippen LogP contribution in [0, 0.1) is 0 Å². The fourth-order valence-corrected chi connectivity index (χ4v) is 1.94. The summed E-state index contributed by atoms with van der Waals surface area (Å²) in [6.07, 6.45) is 2.78. The van der Waals surface area contributed by atoms with Gasteiger partial charge in [0, 0.05) is 26.1 Å². The Morgan fingerprint density at radius 3 is 1.89 bits per heavy atom. The minimum absolute atomic E-state index is 0.0225. The largest absolute Gasteiger partial charge is 0.341 e. The number of amides is 2. The number of nitrogens with zero attached hydrogens (tertiary/aromatic N) is 2. The predicted molar refractivity (Wildman–Crippen MR) is 74.3 cm³/mol. The summed E-state index contributed by atoms with van der Waals surface area (Å²) < 4.78 is 0. The summed E-state index contributed by atoms with van der Waals surface area (Å²) in [6.45, 7) is 11.4. The van der Waals surface area contributed by atoms with Crippen molar-refractivity contribution in [3.63, 3.8) is 0 Å². The Bertz CT molecular complexity index is 261. The van der Waals surface area contributed by atoms with E-state index in [-0.39, 0.29) is 24.4 Å². The maximum atomic E-state index is 12.2. The van der Waals surface area contributed by atoms with Crippen molar-refractivity contribution in [2.24, 2.45) is 0 Å². The van der Waals surface area contributed by atoms with E-state index in [1.807, 2.05) is 18.7 Å². The van der Waals surface area contributed by atoms with E-state index < -0.39 is 0 Å². The van der Waals surface area contributed by atoms with Crippen molar-refractivity contribution in [2.75, 3.05) is 19.6 Å². The molecule has 0 saturated heterocycles. The minimum Gasteiger partial charge on any atom is -0.341 e. The first-order valence-electron chi connectivity index (χ1n) is 7.02. The molecule has 0 heterocycles. The molecular weight excluding hydrogens is 228 g/mol. The van der Waals surface area contributed by atoms with E-state index in [1.54, 1.807) is 4.90 Å². The van der Waals surface area contributed by atoms with Gasteiger partial charge in [0.05, 0.1) is 6.54 Å². The van der Waals surface area contributed by atoms with Gasteiger partial charge >= 0.3 is 0 Å². The van der Waals surface area contributed by atoms with Gasteiger partial charge in [-0.25, -0.2) is 0 Å². The first-order chi connectivity index (χ1) is 8.47. The van der Waals surface area contributed by atoms with Crippen LogP contribution in [-0.4, -0.2) is 47.3 Å². The Kier molecular flexibility index (Phi) is 8.42. The highest BCUT2D eigenvalue weighted by molar-refractivity contribution is 5.84. The molecule has 0 aliphatic rings. The monoisotopic (exact) mass is 256 g/mol. The van der Waals surface area contributed by atoms with E-state index in [1.165, 1.54) is 6.92 Å². The van der Waals surface area contributed by atoms with E-state index >= 15 is 0 Å². The SMILES string of the molecule is CCCN(CCC)C(=O)CN(C(C)=O)C(C)CC. The van der Waals surface area contributed by atoms with Crippen LogP contribution in [0.4, 0.5) is 0 Å². The molecule has 0 saturated carbocycles. The molecule has 0 N–H and O–H groups in total. The lowest BCUT2D eigenvalue weighted by molar-refractivity contribution is -0.141. The molecule has 4 nitrogen and oxygen atoms in total. The number of hydrogen-bond donors (Lipinski definition) is 0. The van der Waals surface area contributed by atoms with Crippen LogP contribution >= 0.6 is 0 Å². The maximum absolute atomic E-state index is 12.2. The lowest BCUT2D eigenvalue weighted by atomic mass is 10.2. The van der Waals surface area contributed by atoms with E-state index in [2.05, 4.69) is 13.8 Å². The summed E-state index contributed by atoms with van der Waals surface area (Å²) in [7, 11) is 0. The summed E-state index contributed by atoms with van der Waals surface area (Å²) >= 11 is 0. The van der Waals surface area contributed by atoms with Crippen LogP contribution in [0.25, 0.3) is 0 Å². The van der Waals surface area contributed by atoms with E-state index in [9.17, 15) is 9.59 Å². The molecule has 0 spiro atoms. The van der Waals surface area contributed by atoms with Gasteiger partial charge in [-0.1, -0.05) is 20.8 Å². The average molecular weight is 256 g/mol. The van der Waals surface area contributed by atoms with E-state index in [0.29, 0.717) is 0 Å². The minimum atomic E-state index is -0.0225. The third kappa shape index (κ3) is 5.52. The smallest absolute Gasteiger partial charge is 0.242 e. The molecule has 2 amide bonds. The molecular formula is C14H28N2O2. The highest BCUT2D eigenvalue weighted by Gasteiger charge is 2.21. The van der Waals surface area contributed by atoms with E-state index in [4.69, 9.17) is 0 Å². The Labute approximate surface area is 111 Å².